The molecule has 2 heterocycles. The molecule has 1 amide bonds. The lowest BCUT2D eigenvalue weighted by molar-refractivity contribution is -0.128. The fraction of sp³-hybridized carbons (Fsp3) is 0.250. The van der Waals surface area contributed by atoms with Gasteiger partial charge in [0.25, 0.3) is 5.89 Å². The van der Waals surface area contributed by atoms with Crippen LogP contribution in [0.5, 0.6) is 0 Å². The molecule has 0 spiro atoms. The Hall–Kier alpha value is -3.09. The van der Waals surface area contributed by atoms with Crippen molar-refractivity contribution in [3.63, 3.8) is 0 Å². The monoisotopic (exact) mass is 369 g/mol. The predicted molar refractivity (Wildman–Crippen MR) is 93.6 cm³/mol. The van der Waals surface area contributed by atoms with E-state index >= 15 is 0 Å². The molecule has 1 aromatic heterocycles. The van der Waals surface area contributed by atoms with Gasteiger partial charge >= 0.3 is 0 Å². The van der Waals surface area contributed by atoms with E-state index in [1.165, 1.54) is 17.0 Å². The number of likely N-dealkylation sites (tertiary alicyclic amines) is 1. The zero-order valence-corrected chi connectivity index (χ0v) is 14.7. The molecular weight excluding hydrogens is 352 g/mol. The molecule has 4 rings (SSSR count). The Morgan fingerprint density at radius 3 is 2.70 bits per heavy atom. The number of carbonyl (C=O) groups is 1. The summed E-state index contributed by atoms with van der Waals surface area (Å²) >= 11 is 0. The highest BCUT2D eigenvalue weighted by atomic mass is 19.1. The van der Waals surface area contributed by atoms with Crippen LogP contribution in [0, 0.1) is 18.6 Å². The van der Waals surface area contributed by atoms with Crippen LogP contribution in [-0.2, 0) is 11.3 Å². The number of hydrogen-bond acceptors (Lipinski definition) is 4. The van der Waals surface area contributed by atoms with Crippen molar-refractivity contribution in [1.29, 1.82) is 0 Å². The van der Waals surface area contributed by atoms with Crippen LogP contribution in [0.4, 0.5) is 8.78 Å². The van der Waals surface area contributed by atoms with Crippen molar-refractivity contribution < 1.29 is 18.1 Å². The molecule has 3 aromatic rings. The van der Waals surface area contributed by atoms with Gasteiger partial charge in [0.05, 0.1) is 0 Å². The van der Waals surface area contributed by atoms with Gasteiger partial charge in [0.1, 0.15) is 11.6 Å². The van der Waals surface area contributed by atoms with E-state index in [0.29, 0.717) is 18.3 Å². The highest BCUT2D eigenvalue weighted by Gasteiger charge is 2.34. The maximum Gasteiger partial charge on any atom is 0.257 e. The lowest BCUT2D eigenvalue weighted by Gasteiger charge is -2.16. The summed E-state index contributed by atoms with van der Waals surface area (Å²) in [6.45, 7) is 2.44. The molecule has 0 aliphatic carbocycles. The van der Waals surface area contributed by atoms with Crippen molar-refractivity contribution in [2.45, 2.75) is 25.8 Å². The highest BCUT2D eigenvalue weighted by Crippen LogP contribution is 2.29. The first-order valence-electron chi connectivity index (χ1n) is 8.62. The van der Waals surface area contributed by atoms with Crippen LogP contribution < -0.4 is 0 Å². The maximum absolute atomic E-state index is 13.9. The van der Waals surface area contributed by atoms with Crippen molar-refractivity contribution in [3.05, 3.63) is 71.1 Å². The number of hydrogen-bond donors (Lipinski definition) is 0. The largest absolute Gasteiger partial charge is 0.337 e. The molecule has 1 unspecified atom stereocenters. The quantitative estimate of drug-likeness (QED) is 0.701. The van der Waals surface area contributed by atoms with Gasteiger partial charge in [-0.1, -0.05) is 28.9 Å². The summed E-state index contributed by atoms with van der Waals surface area (Å²) in [5.41, 5.74) is 2.22. The second-order valence-corrected chi connectivity index (χ2v) is 6.73. The van der Waals surface area contributed by atoms with E-state index in [4.69, 9.17) is 4.52 Å². The van der Waals surface area contributed by atoms with Crippen molar-refractivity contribution >= 4 is 5.91 Å². The molecule has 1 saturated heterocycles. The van der Waals surface area contributed by atoms with Gasteiger partial charge in [0.2, 0.25) is 5.91 Å². The SMILES string of the molecule is Cc1ccc(-c2nc(C3CC(=O)N(Cc4ccc(F)cc4F)C3)no2)cc1. The average molecular weight is 369 g/mol. The summed E-state index contributed by atoms with van der Waals surface area (Å²) in [5.74, 6) is -0.777. The van der Waals surface area contributed by atoms with Gasteiger partial charge in [-0.3, -0.25) is 4.79 Å². The number of aryl methyl sites for hydroxylation is 1. The van der Waals surface area contributed by atoms with Crippen LogP contribution in [0.3, 0.4) is 0 Å². The van der Waals surface area contributed by atoms with Crippen molar-refractivity contribution in [1.82, 2.24) is 15.0 Å². The molecule has 2 aromatic carbocycles. The first-order chi connectivity index (χ1) is 13.0. The summed E-state index contributed by atoms with van der Waals surface area (Å²) in [6, 6.07) is 11.1. The molecule has 0 N–H and O–H groups in total. The smallest absolute Gasteiger partial charge is 0.257 e. The van der Waals surface area contributed by atoms with Gasteiger partial charge in [-0.15, -0.1) is 0 Å². The molecule has 1 atom stereocenters. The first kappa shape index (κ1) is 17.3. The fourth-order valence-corrected chi connectivity index (χ4v) is 3.17. The third kappa shape index (κ3) is 3.58. The van der Waals surface area contributed by atoms with E-state index in [0.717, 1.165) is 17.2 Å². The zero-order valence-electron chi connectivity index (χ0n) is 14.7. The van der Waals surface area contributed by atoms with E-state index in [9.17, 15) is 13.6 Å². The van der Waals surface area contributed by atoms with Crippen LogP contribution in [0.15, 0.2) is 47.0 Å². The summed E-state index contributed by atoms with van der Waals surface area (Å²) in [5, 5.41) is 4.01. The fourth-order valence-electron chi connectivity index (χ4n) is 3.17. The van der Waals surface area contributed by atoms with Crippen LogP contribution in [0.2, 0.25) is 0 Å². The van der Waals surface area contributed by atoms with Crippen LogP contribution in [-0.4, -0.2) is 27.5 Å². The predicted octanol–water partition coefficient (Wildman–Crippen LogP) is 3.84. The number of benzene rings is 2. The summed E-state index contributed by atoms with van der Waals surface area (Å²) in [7, 11) is 0. The third-order valence-corrected chi connectivity index (χ3v) is 4.70. The van der Waals surface area contributed by atoms with Crippen LogP contribution in [0.1, 0.15) is 29.3 Å². The minimum absolute atomic E-state index is 0.0874. The zero-order chi connectivity index (χ0) is 19.0. The molecule has 27 heavy (non-hydrogen) atoms. The molecule has 138 valence electrons. The number of aromatic nitrogens is 2. The van der Waals surface area contributed by atoms with Gasteiger partial charge < -0.3 is 9.42 Å². The number of amides is 1. The van der Waals surface area contributed by atoms with Gasteiger partial charge in [-0.2, -0.15) is 4.98 Å². The van der Waals surface area contributed by atoms with E-state index in [2.05, 4.69) is 10.1 Å². The number of nitrogens with zero attached hydrogens (tertiary/aromatic N) is 3. The molecule has 1 aliphatic rings. The molecule has 5 nitrogen and oxygen atoms in total. The normalized spacial score (nSPS) is 16.9. The summed E-state index contributed by atoms with van der Waals surface area (Å²) < 4.78 is 32.2. The lowest BCUT2D eigenvalue weighted by atomic mass is 10.1. The second-order valence-electron chi connectivity index (χ2n) is 6.73. The standard InChI is InChI=1S/C20H17F2N3O2/c1-12-2-4-13(5-3-12)20-23-19(24-27-20)15-8-18(26)25(11-15)10-14-6-7-16(21)9-17(14)22/h2-7,9,15H,8,10-11H2,1H3. The van der Waals surface area contributed by atoms with E-state index < -0.39 is 11.6 Å². The summed E-state index contributed by atoms with van der Waals surface area (Å²) in [6.07, 6.45) is 0.232. The maximum atomic E-state index is 13.9. The molecule has 0 radical (unpaired) electrons. The second kappa shape index (κ2) is 6.90. The van der Waals surface area contributed by atoms with Crippen LogP contribution in [0.25, 0.3) is 11.5 Å². The molecule has 1 aliphatic heterocycles. The Bertz CT molecular complexity index is 985. The summed E-state index contributed by atoms with van der Waals surface area (Å²) in [4.78, 5) is 18.2. The number of carbonyl (C=O) groups excluding carboxylic acids is 1. The number of halogens is 2. The number of rotatable bonds is 4. The van der Waals surface area contributed by atoms with E-state index in [1.807, 2.05) is 31.2 Å². The first-order valence-corrected chi connectivity index (χ1v) is 8.62. The van der Waals surface area contributed by atoms with Crippen LogP contribution >= 0.6 is 0 Å². The van der Waals surface area contributed by atoms with E-state index in [1.54, 1.807) is 0 Å². The average Bonchev–Trinajstić information content (AvgIpc) is 3.25. The topological polar surface area (TPSA) is 59.2 Å². The Morgan fingerprint density at radius 2 is 1.96 bits per heavy atom. The van der Waals surface area contributed by atoms with Crippen molar-refractivity contribution in [2.75, 3.05) is 6.54 Å². The Labute approximate surface area is 154 Å². The molecular formula is C20H17F2N3O2. The molecule has 0 bridgehead atoms. The van der Waals surface area contributed by atoms with Crippen molar-refractivity contribution in [2.24, 2.45) is 0 Å². The Morgan fingerprint density at radius 1 is 1.19 bits per heavy atom. The Kier molecular flexibility index (Phi) is 4.43. The van der Waals surface area contributed by atoms with Gasteiger partial charge in [0.15, 0.2) is 5.82 Å². The molecule has 7 heteroatoms. The minimum atomic E-state index is -0.660. The third-order valence-electron chi connectivity index (χ3n) is 4.70. The van der Waals surface area contributed by atoms with Gasteiger partial charge in [-0.05, 0) is 25.1 Å². The molecule has 0 saturated carbocycles. The lowest BCUT2D eigenvalue weighted by Crippen LogP contribution is -2.25. The van der Waals surface area contributed by atoms with Gasteiger partial charge in [0, 0.05) is 42.6 Å². The van der Waals surface area contributed by atoms with Crippen molar-refractivity contribution in [3.8, 4) is 11.5 Å². The van der Waals surface area contributed by atoms with E-state index in [-0.39, 0.29) is 30.4 Å². The minimum Gasteiger partial charge on any atom is -0.337 e. The molecule has 1 fully saturated rings. The Balaban J connectivity index is 1.48. The highest BCUT2D eigenvalue weighted by molar-refractivity contribution is 5.79. The van der Waals surface area contributed by atoms with Gasteiger partial charge in [-0.25, -0.2) is 8.78 Å².